The van der Waals surface area contributed by atoms with E-state index in [1.807, 2.05) is 13.0 Å². The Morgan fingerprint density at radius 1 is 1.45 bits per heavy atom. The lowest BCUT2D eigenvalue weighted by Crippen LogP contribution is -2.23. The van der Waals surface area contributed by atoms with E-state index in [-0.39, 0.29) is 6.10 Å². The van der Waals surface area contributed by atoms with E-state index in [9.17, 15) is 5.11 Å². The molecule has 0 spiro atoms. The first kappa shape index (κ1) is 8.54. The molecule has 2 atom stereocenters. The molecule has 1 nitrogen and oxygen atoms in total. The first-order valence-electron chi connectivity index (χ1n) is 4.16. The van der Waals surface area contributed by atoms with Gasteiger partial charge in [-0.3, -0.25) is 0 Å². The van der Waals surface area contributed by atoms with Crippen LogP contribution in [0.2, 0.25) is 0 Å². The van der Waals surface area contributed by atoms with Gasteiger partial charge in [0.2, 0.25) is 0 Å². The number of hydrogen-bond donors (Lipinski definition) is 1. The number of hydrogen-bond acceptors (Lipinski definition) is 1. The van der Waals surface area contributed by atoms with Crippen molar-refractivity contribution < 1.29 is 5.11 Å². The molecule has 1 heteroatoms. The monoisotopic (exact) mass is 152 g/mol. The molecule has 0 aromatic heterocycles. The number of aliphatic hydroxyl groups excluding tert-OH is 1. The molecule has 0 aromatic rings. The van der Waals surface area contributed by atoms with Gasteiger partial charge in [-0.05, 0) is 12.8 Å². The van der Waals surface area contributed by atoms with Crippen LogP contribution in [0.4, 0.5) is 0 Å². The van der Waals surface area contributed by atoms with Crippen LogP contribution in [-0.4, -0.2) is 11.2 Å². The van der Waals surface area contributed by atoms with Gasteiger partial charge >= 0.3 is 0 Å². The van der Waals surface area contributed by atoms with E-state index in [4.69, 9.17) is 0 Å². The van der Waals surface area contributed by atoms with Crippen molar-refractivity contribution in [3.8, 4) is 0 Å². The Morgan fingerprint density at radius 3 is 2.55 bits per heavy atom. The number of allylic oxidation sites excluding steroid dienone is 2. The highest BCUT2D eigenvalue weighted by Crippen LogP contribution is 2.23. The largest absolute Gasteiger partial charge is 0.388 e. The predicted molar refractivity (Wildman–Crippen MR) is 47.2 cm³/mol. The highest BCUT2D eigenvalue weighted by molar-refractivity contribution is 5.24. The molecule has 1 aliphatic carbocycles. The van der Waals surface area contributed by atoms with Crippen LogP contribution >= 0.6 is 0 Å². The lowest BCUT2D eigenvalue weighted by molar-refractivity contribution is 0.148. The maximum absolute atomic E-state index is 9.58. The third kappa shape index (κ3) is 1.93. The van der Waals surface area contributed by atoms with E-state index >= 15 is 0 Å². The van der Waals surface area contributed by atoms with Crippen LogP contribution in [0, 0.1) is 11.8 Å². The van der Waals surface area contributed by atoms with Gasteiger partial charge in [-0.25, -0.2) is 0 Å². The molecule has 1 N–H and O–H groups in total. The summed E-state index contributed by atoms with van der Waals surface area (Å²) in [6, 6.07) is 0. The fourth-order valence-electron chi connectivity index (χ4n) is 1.43. The fourth-order valence-corrected chi connectivity index (χ4v) is 1.43. The van der Waals surface area contributed by atoms with Crippen molar-refractivity contribution in [1.82, 2.24) is 0 Å². The minimum absolute atomic E-state index is 0.278. The third-order valence-electron chi connectivity index (χ3n) is 2.18. The summed E-state index contributed by atoms with van der Waals surface area (Å²) in [5.41, 5.74) is 1.16. The molecule has 0 saturated heterocycles. The maximum Gasteiger partial charge on any atom is 0.0791 e. The van der Waals surface area contributed by atoms with E-state index in [2.05, 4.69) is 26.0 Å². The average molecular weight is 152 g/mol. The SMILES string of the molecule is CC1=CC(O)C(C(C)C)C=C1. The molecule has 11 heavy (non-hydrogen) atoms. The van der Waals surface area contributed by atoms with E-state index in [1.54, 1.807) is 0 Å². The summed E-state index contributed by atoms with van der Waals surface area (Å²) >= 11 is 0. The first-order valence-corrected chi connectivity index (χ1v) is 4.16. The van der Waals surface area contributed by atoms with Gasteiger partial charge in [0.25, 0.3) is 0 Å². The Hall–Kier alpha value is -0.560. The Morgan fingerprint density at radius 2 is 2.09 bits per heavy atom. The van der Waals surface area contributed by atoms with Crippen molar-refractivity contribution in [2.24, 2.45) is 11.8 Å². The van der Waals surface area contributed by atoms with Gasteiger partial charge in [0.15, 0.2) is 0 Å². The Bertz CT molecular complexity index is 189. The van der Waals surface area contributed by atoms with Crippen LogP contribution < -0.4 is 0 Å². The lowest BCUT2D eigenvalue weighted by Gasteiger charge is -2.24. The topological polar surface area (TPSA) is 20.2 Å². The van der Waals surface area contributed by atoms with Crippen molar-refractivity contribution >= 4 is 0 Å². The zero-order valence-corrected chi connectivity index (χ0v) is 7.41. The molecule has 0 heterocycles. The number of aliphatic hydroxyl groups is 1. The van der Waals surface area contributed by atoms with Gasteiger partial charge in [0.1, 0.15) is 0 Å². The molecule has 0 radical (unpaired) electrons. The minimum atomic E-state index is -0.278. The third-order valence-corrected chi connectivity index (χ3v) is 2.18. The van der Waals surface area contributed by atoms with Crippen LogP contribution in [0.5, 0.6) is 0 Å². The highest BCUT2D eigenvalue weighted by atomic mass is 16.3. The second kappa shape index (κ2) is 3.22. The van der Waals surface area contributed by atoms with E-state index in [0.717, 1.165) is 5.57 Å². The summed E-state index contributed by atoms with van der Waals surface area (Å²) in [5.74, 6) is 0.823. The Labute approximate surface area is 68.4 Å². The molecule has 2 unspecified atom stereocenters. The molecule has 1 aliphatic rings. The summed E-state index contributed by atoms with van der Waals surface area (Å²) in [7, 11) is 0. The lowest BCUT2D eigenvalue weighted by atomic mass is 9.86. The summed E-state index contributed by atoms with van der Waals surface area (Å²) in [5, 5.41) is 9.58. The van der Waals surface area contributed by atoms with Crippen LogP contribution in [0.15, 0.2) is 23.8 Å². The van der Waals surface area contributed by atoms with Gasteiger partial charge in [0, 0.05) is 5.92 Å². The molecule has 0 fully saturated rings. The standard InChI is InChI=1S/C10H16O/c1-7(2)9-5-4-8(3)6-10(9)11/h4-7,9-11H,1-3H3. The molecular formula is C10H16O. The van der Waals surface area contributed by atoms with Crippen LogP contribution in [0.3, 0.4) is 0 Å². The molecule has 0 saturated carbocycles. The Kier molecular flexibility index (Phi) is 2.50. The van der Waals surface area contributed by atoms with Crippen molar-refractivity contribution in [3.63, 3.8) is 0 Å². The van der Waals surface area contributed by atoms with Crippen molar-refractivity contribution in [2.75, 3.05) is 0 Å². The number of rotatable bonds is 1. The van der Waals surface area contributed by atoms with E-state index < -0.39 is 0 Å². The molecule has 0 aromatic carbocycles. The van der Waals surface area contributed by atoms with Crippen LogP contribution in [0.1, 0.15) is 20.8 Å². The maximum atomic E-state index is 9.58. The molecule has 62 valence electrons. The summed E-state index contributed by atoms with van der Waals surface area (Å²) in [6.07, 6.45) is 5.83. The van der Waals surface area contributed by atoms with Gasteiger partial charge in [-0.1, -0.05) is 37.6 Å². The van der Waals surface area contributed by atoms with Gasteiger partial charge < -0.3 is 5.11 Å². The molecule has 0 amide bonds. The minimum Gasteiger partial charge on any atom is -0.388 e. The van der Waals surface area contributed by atoms with Gasteiger partial charge in [-0.15, -0.1) is 0 Å². The molecule has 1 rings (SSSR count). The zero-order valence-electron chi connectivity index (χ0n) is 7.41. The van der Waals surface area contributed by atoms with E-state index in [0.29, 0.717) is 11.8 Å². The smallest absolute Gasteiger partial charge is 0.0791 e. The fraction of sp³-hybridized carbons (Fsp3) is 0.600. The summed E-state index contributed by atoms with van der Waals surface area (Å²) < 4.78 is 0. The second-order valence-corrected chi connectivity index (χ2v) is 3.58. The molecule has 0 aliphatic heterocycles. The van der Waals surface area contributed by atoms with Gasteiger partial charge in [-0.2, -0.15) is 0 Å². The predicted octanol–water partition coefficient (Wildman–Crippen LogP) is 2.14. The average Bonchev–Trinajstić information content (AvgIpc) is 1.85. The molecule has 0 bridgehead atoms. The molecular weight excluding hydrogens is 136 g/mol. The van der Waals surface area contributed by atoms with Crippen LogP contribution in [0.25, 0.3) is 0 Å². The highest BCUT2D eigenvalue weighted by Gasteiger charge is 2.19. The van der Waals surface area contributed by atoms with Crippen molar-refractivity contribution in [3.05, 3.63) is 23.8 Å². The summed E-state index contributed by atoms with van der Waals surface area (Å²) in [6.45, 7) is 6.27. The summed E-state index contributed by atoms with van der Waals surface area (Å²) in [4.78, 5) is 0. The Balaban J connectivity index is 2.69. The quantitative estimate of drug-likeness (QED) is 0.610. The normalized spacial score (nSPS) is 30.8. The van der Waals surface area contributed by atoms with Gasteiger partial charge in [0.05, 0.1) is 6.10 Å². The van der Waals surface area contributed by atoms with E-state index in [1.165, 1.54) is 0 Å². The first-order chi connectivity index (χ1) is 5.11. The van der Waals surface area contributed by atoms with Crippen molar-refractivity contribution in [2.45, 2.75) is 26.9 Å². The van der Waals surface area contributed by atoms with Crippen LogP contribution in [-0.2, 0) is 0 Å². The van der Waals surface area contributed by atoms with Crippen molar-refractivity contribution in [1.29, 1.82) is 0 Å². The second-order valence-electron chi connectivity index (χ2n) is 3.58. The zero-order chi connectivity index (χ0) is 8.43.